The van der Waals surface area contributed by atoms with Gasteiger partial charge < -0.3 is 5.11 Å². The molecule has 0 rings (SSSR count). The van der Waals surface area contributed by atoms with Crippen LogP contribution in [0.5, 0.6) is 0 Å². The van der Waals surface area contributed by atoms with Gasteiger partial charge in [-0.05, 0) is 38.5 Å². The van der Waals surface area contributed by atoms with Crippen LogP contribution in [-0.4, -0.2) is 11.1 Å². The van der Waals surface area contributed by atoms with Crippen LogP contribution in [0.1, 0.15) is 336 Å². The molecule has 0 fully saturated rings. The topological polar surface area (TPSA) is 37.3 Å². The van der Waals surface area contributed by atoms with Crippen LogP contribution >= 0.6 is 0 Å². The second-order valence-electron chi connectivity index (χ2n) is 18.8. The summed E-state index contributed by atoms with van der Waals surface area (Å²) < 4.78 is 0. The SMILES string of the molecule is CCCCCCCCC=CCCCCCCCCCCCCCCCCCC.CCCCCCCCCCCCCCCCC(CCCCCCCCCC)C(=O)O. The molecule has 0 aromatic heterocycles. The van der Waals surface area contributed by atoms with E-state index < -0.39 is 5.97 Å². The highest BCUT2D eigenvalue weighted by molar-refractivity contribution is 5.69. The monoisotopic (exact) mass is 817 g/mol. The van der Waals surface area contributed by atoms with Crippen molar-refractivity contribution in [1.82, 2.24) is 0 Å². The van der Waals surface area contributed by atoms with Crippen LogP contribution in [0.4, 0.5) is 0 Å². The summed E-state index contributed by atoms with van der Waals surface area (Å²) in [5, 5.41) is 9.48. The predicted molar refractivity (Wildman–Crippen MR) is 265 cm³/mol. The zero-order valence-corrected chi connectivity index (χ0v) is 41.0. The van der Waals surface area contributed by atoms with Crippen LogP contribution in [0, 0.1) is 5.92 Å². The fourth-order valence-corrected chi connectivity index (χ4v) is 8.59. The maximum Gasteiger partial charge on any atom is 0.306 e. The molecule has 0 bridgehead atoms. The smallest absolute Gasteiger partial charge is 0.306 e. The first-order chi connectivity index (χ1) is 28.6. The lowest BCUT2D eigenvalue weighted by molar-refractivity contribution is -0.142. The Morgan fingerprint density at radius 1 is 0.293 bits per heavy atom. The van der Waals surface area contributed by atoms with Crippen LogP contribution in [0.2, 0.25) is 0 Å². The molecule has 0 radical (unpaired) electrons. The predicted octanol–water partition coefficient (Wildman–Crippen LogP) is 21.0. The van der Waals surface area contributed by atoms with E-state index in [-0.39, 0.29) is 5.92 Å². The molecule has 58 heavy (non-hydrogen) atoms. The highest BCUT2D eigenvalue weighted by atomic mass is 16.4. The van der Waals surface area contributed by atoms with Gasteiger partial charge >= 0.3 is 5.97 Å². The van der Waals surface area contributed by atoms with Gasteiger partial charge in [0, 0.05) is 0 Å². The Bertz CT molecular complexity index is 743. The van der Waals surface area contributed by atoms with Gasteiger partial charge in [0.1, 0.15) is 0 Å². The Balaban J connectivity index is 0. The molecular weight excluding hydrogens is 705 g/mol. The van der Waals surface area contributed by atoms with Gasteiger partial charge in [-0.2, -0.15) is 0 Å². The summed E-state index contributed by atoms with van der Waals surface area (Å²) in [6.45, 7) is 9.13. The first-order valence-corrected chi connectivity index (χ1v) is 27.5. The van der Waals surface area contributed by atoms with E-state index in [4.69, 9.17) is 0 Å². The fourth-order valence-electron chi connectivity index (χ4n) is 8.59. The van der Waals surface area contributed by atoms with Crippen LogP contribution < -0.4 is 0 Å². The molecule has 0 heterocycles. The molecule has 2 heteroatoms. The number of rotatable bonds is 49. The number of aliphatic carboxylic acids is 1. The Labute approximate surface area is 368 Å². The minimum atomic E-state index is -0.562. The van der Waals surface area contributed by atoms with E-state index in [1.165, 1.54) is 283 Å². The molecule has 0 spiro atoms. The Kier molecular flexibility index (Phi) is 57.5. The van der Waals surface area contributed by atoms with Crippen molar-refractivity contribution >= 4 is 5.97 Å². The van der Waals surface area contributed by atoms with Gasteiger partial charge in [-0.1, -0.05) is 310 Å². The Morgan fingerprint density at radius 2 is 0.466 bits per heavy atom. The average molecular weight is 818 g/mol. The van der Waals surface area contributed by atoms with Gasteiger partial charge in [0.25, 0.3) is 0 Å². The third kappa shape index (κ3) is 55.2. The standard InChI is InChI=1S/C28H56O2.C28H56/c1-3-5-7-9-11-13-14-15-16-17-18-20-22-24-26-27(28(29)30)25-23-21-19-12-10-8-6-4-2;1-3-5-7-9-11-13-15-17-19-21-23-25-27-28-26-24-22-20-18-16-14-12-10-8-6-4-2/h27H,3-26H2,1-2H3,(H,29,30);17,19H,3-16,18,20-28H2,1-2H3. The summed E-state index contributed by atoms with van der Waals surface area (Å²) in [6, 6.07) is 0. The molecule has 0 aliphatic heterocycles. The van der Waals surface area contributed by atoms with E-state index in [1.54, 1.807) is 0 Å². The summed E-state index contributed by atoms with van der Waals surface area (Å²) >= 11 is 0. The molecule has 0 aromatic carbocycles. The van der Waals surface area contributed by atoms with Crippen LogP contribution in [0.15, 0.2) is 12.2 Å². The number of carbonyl (C=O) groups is 1. The van der Waals surface area contributed by atoms with E-state index in [0.717, 1.165) is 25.7 Å². The van der Waals surface area contributed by atoms with Crippen molar-refractivity contribution in [2.24, 2.45) is 5.92 Å². The van der Waals surface area contributed by atoms with Crippen LogP contribution in [0.3, 0.4) is 0 Å². The van der Waals surface area contributed by atoms with E-state index in [1.807, 2.05) is 0 Å². The molecular formula is C56H112O2. The molecule has 1 N–H and O–H groups in total. The largest absolute Gasteiger partial charge is 0.481 e. The van der Waals surface area contributed by atoms with E-state index >= 15 is 0 Å². The summed E-state index contributed by atoms with van der Waals surface area (Å²) in [7, 11) is 0. The molecule has 1 atom stereocenters. The van der Waals surface area contributed by atoms with Gasteiger partial charge in [0.2, 0.25) is 0 Å². The lowest BCUT2D eigenvalue weighted by Gasteiger charge is -2.12. The second kappa shape index (κ2) is 56.2. The molecule has 0 saturated heterocycles. The highest BCUT2D eigenvalue weighted by Crippen LogP contribution is 2.21. The number of hydrogen-bond donors (Lipinski definition) is 1. The third-order valence-electron chi connectivity index (χ3n) is 12.8. The molecule has 348 valence electrons. The minimum absolute atomic E-state index is 0.0950. The van der Waals surface area contributed by atoms with Crippen molar-refractivity contribution in [3.05, 3.63) is 12.2 Å². The van der Waals surface area contributed by atoms with Gasteiger partial charge in [-0.25, -0.2) is 0 Å². The van der Waals surface area contributed by atoms with E-state index in [9.17, 15) is 9.90 Å². The summed E-state index contributed by atoms with van der Waals surface area (Å²) in [5.41, 5.74) is 0. The van der Waals surface area contributed by atoms with Crippen molar-refractivity contribution in [3.8, 4) is 0 Å². The molecule has 0 saturated carbocycles. The van der Waals surface area contributed by atoms with Crippen molar-refractivity contribution in [3.63, 3.8) is 0 Å². The molecule has 0 aromatic rings. The number of carboxylic acid groups (broad SMARTS) is 1. The normalized spacial score (nSPS) is 12.0. The number of allylic oxidation sites excluding steroid dienone is 2. The minimum Gasteiger partial charge on any atom is -0.481 e. The highest BCUT2D eigenvalue weighted by Gasteiger charge is 2.16. The number of carboxylic acids is 1. The first kappa shape index (κ1) is 59.3. The van der Waals surface area contributed by atoms with Gasteiger partial charge in [-0.15, -0.1) is 0 Å². The summed E-state index contributed by atoms with van der Waals surface area (Å²) in [5.74, 6) is -0.657. The molecule has 0 aliphatic rings. The van der Waals surface area contributed by atoms with Crippen molar-refractivity contribution in [1.29, 1.82) is 0 Å². The third-order valence-corrected chi connectivity index (χ3v) is 12.8. The Hall–Kier alpha value is -0.790. The van der Waals surface area contributed by atoms with E-state index in [0.29, 0.717) is 0 Å². The quantitative estimate of drug-likeness (QED) is 0.0491. The van der Waals surface area contributed by atoms with Gasteiger partial charge in [0.05, 0.1) is 5.92 Å². The average Bonchev–Trinajstić information content (AvgIpc) is 3.22. The molecule has 1 unspecified atom stereocenters. The van der Waals surface area contributed by atoms with Crippen molar-refractivity contribution < 1.29 is 9.90 Å². The zero-order valence-electron chi connectivity index (χ0n) is 41.0. The fraction of sp³-hybridized carbons (Fsp3) is 0.946. The first-order valence-electron chi connectivity index (χ1n) is 27.5. The second-order valence-corrected chi connectivity index (χ2v) is 18.8. The van der Waals surface area contributed by atoms with Crippen molar-refractivity contribution in [2.45, 2.75) is 336 Å². The molecule has 2 nitrogen and oxygen atoms in total. The number of unbranched alkanes of at least 4 members (excludes halogenated alkanes) is 42. The molecule has 0 aliphatic carbocycles. The van der Waals surface area contributed by atoms with Gasteiger partial charge in [-0.3, -0.25) is 4.79 Å². The van der Waals surface area contributed by atoms with Gasteiger partial charge in [0.15, 0.2) is 0 Å². The summed E-state index contributed by atoms with van der Waals surface area (Å²) in [6.07, 6.45) is 70.5. The summed E-state index contributed by atoms with van der Waals surface area (Å²) in [4.78, 5) is 11.5. The molecule has 0 amide bonds. The van der Waals surface area contributed by atoms with Crippen LogP contribution in [0.25, 0.3) is 0 Å². The Morgan fingerprint density at radius 3 is 0.655 bits per heavy atom. The number of hydrogen-bond acceptors (Lipinski definition) is 1. The lowest BCUT2D eigenvalue weighted by Crippen LogP contribution is -2.13. The maximum absolute atomic E-state index is 11.5. The van der Waals surface area contributed by atoms with Crippen molar-refractivity contribution in [2.75, 3.05) is 0 Å². The maximum atomic E-state index is 11.5. The van der Waals surface area contributed by atoms with Crippen LogP contribution in [-0.2, 0) is 4.79 Å². The zero-order chi connectivity index (χ0) is 42.5. The lowest BCUT2D eigenvalue weighted by atomic mass is 9.94. The van der Waals surface area contributed by atoms with E-state index in [2.05, 4.69) is 39.8 Å².